The summed E-state index contributed by atoms with van der Waals surface area (Å²) in [5.41, 5.74) is 8.19. The summed E-state index contributed by atoms with van der Waals surface area (Å²) in [5.74, 6) is -0.285. The van der Waals surface area contributed by atoms with Crippen LogP contribution in [-0.2, 0) is 6.54 Å². The second-order valence-electron chi connectivity index (χ2n) is 6.38. The van der Waals surface area contributed by atoms with E-state index in [1.165, 1.54) is 15.8 Å². The number of nitrogens with two attached hydrogens (primary N) is 1. The van der Waals surface area contributed by atoms with Gasteiger partial charge in [0, 0.05) is 22.4 Å². The highest BCUT2D eigenvalue weighted by atomic mass is 32.1. The maximum absolute atomic E-state index is 13.1. The first-order chi connectivity index (χ1) is 13.9. The molecule has 3 aromatic rings. The molecule has 0 atom stereocenters. The van der Waals surface area contributed by atoms with Gasteiger partial charge in [0.1, 0.15) is 5.82 Å². The number of hydrogen-bond donors (Lipinski definition) is 1. The van der Waals surface area contributed by atoms with Crippen molar-refractivity contribution in [3.05, 3.63) is 87.8 Å². The molecule has 0 fully saturated rings. The molecular formula is C22H19FN4OS. The van der Waals surface area contributed by atoms with Gasteiger partial charge < -0.3 is 5.73 Å². The van der Waals surface area contributed by atoms with Crippen molar-refractivity contribution in [3.8, 4) is 10.4 Å². The molecule has 0 unspecified atom stereocenters. The van der Waals surface area contributed by atoms with Gasteiger partial charge in [-0.1, -0.05) is 24.3 Å². The average Bonchev–Trinajstić information content (AvgIpc) is 3.14. The predicted molar refractivity (Wildman–Crippen MR) is 115 cm³/mol. The Morgan fingerprint density at radius 3 is 2.66 bits per heavy atom. The summed E-state index contributed by atoms with van der Waals surface area (Å²) in [7, 11) is 1.63. The Balaban J connectivity index is 0.000000166. The van der Waals surface area contributed by atoms with E-state index in [0.717, 1.165) is 16.0 Å². The Morgan fingerprint density at radius 1 is 1.21 bits per heavy atom. The van der Waals surface area contributed by atoms with Crippen LogP contribution in [0.1, 0.15) is 20.8 Å². The van der Waals surface area contributed by atoms with Gasteiger partial charge in [0.15, 0.2) is 5.96 Å². The number of hydrogen-bond acceptors (Lipinski definition) is 4. The summed E-state index contributed by atoms with van der Waals surface area (Å²) in [6.45, 7) is 9.33. The lowest BCUT2D eigenvalue weighted by atomic mass is 10.1. The fourth-order valence-corrected chi connectivity index (χ4v) is 3.63. The van der Waals surface area contributed by atoms with E-state index in [2.05, 4.69) is 9.84 Å². The topological polar surface area (TPSA) is 63.0 Å². The molecule has 0 saturated heterocycles. The van der Waals surface area contributed by atoms with E-state index in [1.807, 2.05) is 37.3 Å². The summed E-state index contributed by atoms with van der Waals surface area (Å²) < 4.78 is 13.1. The Bertz CT molecular complexity index is 1130. The number of aliphatic imine (C=N–C) groups is 1. The quantitative estimate of drug-likeness (QED) is 0.578. The minimum atomic E-state index is -0.456. The number of carbonyl (C=O) groups is 1. The Kier molecular flexibility index (Phi) is 6.05. The summed E-state index contributed by atoms with van der Waals surface area (Å²) in [6.07, 6.45) is 0. The number of thiophene rings is 1. The predicted octanol–water partition coefficient (Wildman–Crippen LogP) is 5.00. The SMILES string of the molecule is CN1C(=O)c2ccccc2CN=C1N.[C-]#[N+]c1cc(-c2ccc(C)s2)ccc1F. The monoisotopic (exact) mass is 406 g/mol. The van der Waals surface area contributed by atoms with Crippen molar-refractivity contribution in [3.63, 3.8) is 0 Å². The molecule has 1 aliphatic rings. The van der Waals surface area contributed by atoms with E-state index < -0.39 is 5.82 Å². The van der Waals surface area contributed by atoms with Gasteiger partial charge in [-0.15, -0.1) is 11.3 Å². The van der Waals surface area contributed by atoms with Crippen molar-refractivity contribution in [2.45, 2.75) is 13.5 Å². The van der Waals surface area contributed by atoms with Crippen LogP contribution in [0.4, 0.5) is 10.1 Å². The third-order valence-corrected chi connectivity index (χ3v) is 5.45. The molecule has 5 nitrogen and oxygen atoms in total. The molecule has 2 aromatic carbocycles. The Labute approximate surface area is 172 Å². The fraction of sp³-hybridized carbons (Fsp3) is 0.136. The van der Waals surface area contributed by atoms with Crippen molar-refractivity contribution in [1.82, 2.24) is 4.90 Å². The molecule has 4 rings (SSSR count). The van der Waals surface area contributed by atoms with Gasteiger partial charge in [-0.25, -0.2) is 14.2 Å². The first-order valence-electron chi connectivity index (χ1n) is 8.80. The molecule has 1 aromatic heterocycles. The minimum Gasteiger partial charge on any atom is -0.369 e. The number of guanidine groups is 1. The molecule has 0 spiro atoms. The maximum atomic E-state index is 13.1. The van der Waals surface area contributed by atoms with Crippen LogP contribution in [0, 0.1) is 19.3 Å². The molecule has 0 bridgehead atoms. The third kappa shape index (κ3) is 4.50. The van der Waals surface area contributed by atoms with Crippen LogP contribution >= 0.6 is 11.3 Å². The number of nitrogens with zero attached hydrogens (tertiary/aromatic N) is 3. The summed E-state index contributed by atoms with van der Waals surface area (Å²) >= 11 is 1.64. The van der Waals surface area contributed by atoms with Gasteiger partial charge in [0.25, 0.3) is 5.91 Å². The Morgan fingerprint density at radius 2 is 1.97 bits per heavy atom. The fourth-order valence-electron chi connectivity index (χ4n) is 2.77. The molecule has 0 saturated carbocycles. The summed E-state index contributed by atoms with van der Waals surface area (Å²) in [6, 6.07) is 16.1. The van der Waals surface area contributed by atoms with Crippen LogP contribution < -0.4 is 5.73 Å². The van der Waals surface area contributed by atoms with Crippen LogP contribution in [0.3, 0.4) is 0 Å². The largest absolute Gasteiger partial charge is 0.369 e. The van der Waals surface area contributed by atoms with E-state index in [9.17, 15) is 9.18 Å². The second-order valence-corrected chi connectivity index (χ2v) is 7.67. The molecule has 1 amide bonds. The van der Waals surface area contributed by atoms with Gasteiger partial charge in [-0.2, -0.15) is 0 Å². The van der Waals surface area contributed by atoms with Crippen LogP contribution in [0.15, 0.2) is 59.6 Å². The molecule has 0 radical (unpaired) electrons. The molecular weight excluding hydrogens is 387 g/mol. The van der Waals surface area contributed by atoms with Crippen LogP contribution in [0.5, 0.6) is 0 Å². The molecule has 29 heavy (non-hydrogen) atoms. The lowest BCUT2D eigenvalue weighted by Crippen LogP contribution is -2.37. The van der Waals surface area contributed by atoms with Gasteiger partial charge in [-0.05, 0) is 48.4 Å². The number of benzene rings is 2. The number of aryl methyl sites for hydroxylation is 1. The number of fused-ring (bicyclic) bond motifs is 1. The zero-order valence-corrected chi connectivity index (χ0v) is 16.8. The zero-order chi connectivity index (χ0) is 21.0. The normalized spacial score (nSPS) is 12.8. The van der Waals surface area contributed by atoms with E-state index in [-0.39, 0.29) is 17.6 Å². The highest BCUT2D eigenvalue weighted by molar-refractivity contribution is 7.15. The first-order valence-corrected chi connectivity index (χ1v) is 9.62. The van der Waals surface area contributed by atoms with Crippen LogP contribution in [0.25, 0.3) is 15.3 Å². The molecule has 1 aliphatic heterocycles. The zero-order valence-electron chi connectivity index (χ0n) is 16.0. The molecule has 7 heteroatoms. The molecule has 2 heterocycles. The number of halogens is 1. The van der Waals surface area contributed by atoms with Gasteiger partial charge >= 0.3 is 0 Å². The summed E-state index contributed by atoms with van der Waals surface area (Å²) in [4.78, 5) is 22.7. The van der Waals surface area contributed by atoms with E-state index in [1.54, 1.807) is 36.6 Å². The van der Waals surface area contributed by atoms with E-state index in [4.69, 9.17) is 12.3 Å². The maximum Gasteiger partial charge on any atom is 0.260 e. The van der Waals surface area contributed by atoms with Crippen LogP contribution in [0.2, 0.25) is 0 Å². The number of carbonyl (C=O) groups excluding carboxylic acids is 1. The third-order valence-electron chi connectivity index (χ3n) is 4.40. The van der Waals surface area contributed by atoms with Crippen molar-refractivity contribution in [1.29, 1.82) is 0 Å². The molecule has 146 valence electrons. The van der Waals surface area contributed by atoms with E-state index in [0.29, 0.717) is 12.1 Å². The lowest BCUT2D eigenvalue weighted by Gasteiger charge is -2.13. The number of rotatable bonds is 1. The highest BCUT2D eigenvalue weighted by Gasteiger charge is 2.20. The van der Waals surface area contributed by atoms with Crippen molar-refractivity contribution in [2.75, 3.05) is 7.05 Å². The second kappa shape index (κ2) is 8.67. The van der Waals surface area contributed by atoms with Crippen molar-refractivity contribution < 1.29 is 9.18 Å². The van der Waals surface area contributed by atoms with Gasteiger partial charge in [0.05, 0.1) is 13.1 Å². The van der Waals surface area contributed by atoms with Gasteiger partial charge in [-0.3, -0.25) is 9.69 Å². The highest BCUT2D eigenvalue weighted by Crippen LogP contribution is 2.31. The van der Waals surface area contributed by atoms with Crippen LogP contribution in [-0.4, -0.2) is 23.8 Å². The standard InChI is InChI=1S/C12H8FNS.C10H11N3O/c1-8-3-6-12(15-8)9-4-5-10(13)11(7-9)14-2;1-13-9(14)8-5-3-2-4-7(8)6-12-10(13)11/h3-7H,1H3;2-5H,6H2,1H3,(H2,11,12). The van der Waals surface area contributed by atoms with Crippen molar-refractivity contribution in [2.24, 2.45) is 10.7 Å². The minimum absolute atomic E-state index is 0.0820. The smallest absolute Gasteiger partial charge is 0.260 e. The van der Waals surface area contributed by atoms with Gasteiger partial charge in [0.2, 0.25) is 5.69 Å². The van der Waals surface area contributed by atoms with Crippen molar-refractivity contribution >= 4 is 28.9 Å². The van der Waals surface area contributed by atoms with E-state index >= 15 is 0 Å². The molecule has 2 N–H and O–H groups in total. The lowest BCUT2D eigenvalue weighted by molar-refractivity contribution is 0.0870. The number of amides is 1. The summed E-state index contributed by atoms with van der Waals surface area (Å²) in [5, 5.41) is 0. The average molecular weight is 406 g/mol. The first kappa shape index (κ1) is 20.2. The molecule has 0 aliphatic carbocycles. The Hall–Kier alpha value is -3.50.